The van der Waals surface area contributed by atoms with E-state index in [4.69, 9.17) is 4.74 Å². The van der Waals surface area contributed by atoms with Crippen molar-refractivity contribution in [3.8, 4) is 0 Å². The Labute approximate surface area is 125 Å². The lowest BCUT2D eigenvalue weighted by Crippen LogP contribution is -2.37. The average molecular weight is 292 g/mol. The first-order valence-electron chi connectivity index (χ1n) is 7.35. The largest absolute Gasteiger partial charge is 0.478 e. The Morgan fingerprint density at radius 1 is 1.33 bits per heavy atom. The molecule has 1 aromatic rings. The lowest BCUT2D eigenvalue weighted by atomic mass is 9.90. The van der Waals surface area contributed by atoms with Crippen LogP contribution in [-0.2, 0) is 10.2 Å². The lowest BCUT2D eigenvalue weighted by Gasteiger charge is -2.33. The molecule has 1 N–H and O–H groups in total. The second-order valence-corrected chi connectivity index (χ2v) is 6.58. The maximum absolute atomic E-state index is 11.3. The highest BCUT2D eigenvalue weighted by atomic mass is 16.5. The van der Waals surface area contributed by atoms with Crippen molar-refractivity contribution in [2.45, 2.75) is 45.1 Å². The van der Waals surface area contributed by atoms with Crippen molar-refractivity contribution in [3.63, 3.8) is 0 Å². The van der Waals surface area contributed by atoms with Gasteiger partial charge in [0.15, 0.2) is 0 Å². The SMILES string of the molecule is COC1CCN(c2cc(C(=O)O)cc(C(C)(C)C)n2)CC1. The minimum Gasteiger partial charge on any atom is -0.478 e. The smallest absolute Gasteiger partial charge is 0.335 e. The highest BCUT2D eigenvalue weighted by Crippen LogP contribution is 2.26. The van der Waals surface area contributed by atoms with Gasteiger partial charge in [0.2, 0.25) is 0 Å². The summed E-state index contributed by atoms with van der Waals surface area (Å²) < 4.78 is 5.37. The number of carboxylic acids is 1. The average Bonchev–Trinajstić information content (AvgIpc) is 2.46. The molecule has 0 atom stereocenters. The standard InChI is InChI=1S/C16H24N2O3/c1-16(2,3)13-9-11(15(19)20)10-14(17-13)18-7-5-12(21-4)6-8-18/h9-10,12H,5-8H2,1-4H3,(H,19,20). The summed E-state index contributed by atoms with van der Waals surface area (Å²) in [5, 5.41) is 9.31. The number of rotatable bonds is 3. The number of ether oxygens (including phenoxy) is 1. The van der Waals surface area contributed by atoms with E-state index in [1.54, 1.807) is 19.2 Å². The molecule has 1 aliphatic heterocycles. The molecule has 0 aliphatic carbocycles. The number of carbonyl (C=O) groups is 1. The van der Waals surface area contributed by atoms with Crippen LogP contribution in [0.3, 0.4) is 0 Å². The fourth-order valence-electron chi connectivity index (χ4n) is 2.51. The minimum absolute atomic E-state index is 0.176. The predicted molar refractivity (Wildman–Crippen MR) is 82.1 cm³/mol. The monoisotopic (exact) mass is 292 g/mol. The van der Waals surface area contributed by atoms with Crippen molar-refractivity contribution < 1.29 is 14.6 Å². The number of hydrogen-bond donors (Lipinski definition) is 1. The van der Waals surface area contributed by atoms with Gasteiger partial charge in [-0.1, -0.05) is 20.8 Å². The molecule has 0 bridgehead atoms. The zero-order valence-electron chi connectivity index (χ0n) is 13.2. The van der Waals surface area contributed by atoms with Gasteiger partial charge in [-0.15, -0.1) is 0 Å². The zero-order chi connectivity index (χ0) is 15.6. The Bertz CT molecular complexity index is 515. The molecule has 5 nitrogen and oxygen atoms in total. The van der Waals surface area contributed by atoms with E-state index in [9.17, 15) is 9.90 Å². The van der Waals surface area contributed by atoms with Crippen molar-refractivity contribution >= 4 is 11.8 Å². The number of piperidine rings is 1. The molecule has 1 saturated heterocycles. The van der Waals surface area contributed by atoms with Gasteiger partial charge in [-0.05, 0) is 25.0 Å². The second kappa shape index (κ2) is 6.02. The molecule has 5 heteroatoms. The van der Waals surface area contributed by atoms with E-state index >= 15 is 0 Å². The summed E-state index contributed by atoms with van der Waals surface area (Å²) in [5.41, 5.74) is 0.940. The number of carboxylic acid groups (broad SMARTS) is 1. The van der Waals surface area contributed by atoms with E-state index in [0.29, 0.717) is 11.7 Å². The first-order chi connectivity index (χ1) is 9.81. The summed E-state index contributed by atoms with van der Waals surface area (Å²) >= 11 is 0. The molecular formula is C16H24N2O3. The summed E-state index contributed by atoms with van der Waals surface area (Å²) in [4.78, 5) is 18.2. The van der Waals surface area contributed by atoms with Gasteiger partial charge in [0.25, 0.3) is 0 Å². The van der Waals surface area contributed by atoms with Crippen LogP contribution in [0, 0.1) is 0 Å². The topological polar surface area (TPSA) is 62.7 Å². The third kappa shape index (κ3) is 3.73. The lowest BCUT2D eigenvalue weighted by molar-refractivity contribution is 0.0696. The molecule has 0 amide bonds. The summed E-state index contributed by atoms with van der Waals surface area (Å²) in [5.74, 6) is -0.148. The number of pyridine rings is 1. The van der Waals surface area contributed by atoms with Gasteiger partial charge < -0.3 is 14.7 Å². The third-order valence-electron chi connectivity index (χ3n) is 3.93. The number of aromatic nitrogens is 1. The number of hydrogen-bond acceptors (Lipinski definition) is 4. The van der Waals surface area contributed by atoms with E-state index in [1.165, 1.54) is 0 Å². The third-order valence-corrected chi connectivity index (χ3v) is 3.93. The normalized spacial score (nSPS) is 17.0. The maximum Gasteiger partial charge on any atom is 0.335 e. The fourth-order valence-corrected chi connectivity index (χ4v) is 2.51. The van der Waals surface area contributed by atoms with Crippen LogP contribution in [0.4, 0.5) is 5.82 Å². The Kier molecular flexibility index (Phi) is 4.52. The molecule has 0 aromatic carbocycles. The molecule has 1 fully saturated rings. The molecule has 116 valence electrons. The van der Waals surface area contributed by atoms with Crippen molar-refractivity contribution in [3.05, 3.63) is 23.4 Å². The van der Waals surface area contributed by atoms with E-state index in [2.05, 4.69) is 9.88 Å². The Balaban J connectivity index is 2.31. The maximum atomic E-state index is 11.3. The first kappa shape index (κ1) is 15.8. The molecule has 1 aliphatic rings. The van der Waals surface area contributed by atoms with Crippen LogP contribution < -0.4 is 4.90 Å². The summed E-state index contributed by atoms with van der Waals surface area (Å²) in [7, 11) is 1.74. The molecule has 1 aromatic heterocycles. The minimum atomic E-state index is -0.907. The highest BCUT2D eigenvalue weighted by Gasteiger charge is 2.24. The van der Waals surface area contributed by atoms with Gasteiger partial charge in [-0.25, -0.2) is 9.78 Å². The molecule has 0 spiro atoms. The number of methoxy groups -OCH3 is 1. The van der Waals surface area contributed by atoms with E-state index in [-0.39, 0.29) is 5.41 Å². The molecular weight excluding hydrogens is 268 g/mol. The van der Waals surface area contributed by atoms with Crippen molar-refractivity contribution in [1.29, 1.82) is 0 Å². The highest BCUT2D eigenvalue weighted by molar-refractivity contribution is 5.88. The number of nitrogens with zero attached hydrogens (tertiary/aromatic N) is 2. The van der Waals surface area contributed by atoms with Crippen LogP contribution in [0.25, 0.3) is 0 Å². The number of anilines is 1. The van der Waals surface area contributed by atoms with Crippen molar-refractivity contribution in [1.82, 2.24) is 4.98 Å². The van der Waals surface area contributed by atoms with Crippen LogP contribution >= 0.6 is 0 Å². The van der Waals surface area contributed by atoms with Crippen LogP contribution in [-0.4, -0.2) is 42.4 Å². The Morgan fingerprint density at radius 3 is 2.43 bits per heavy atom. The van der Waals surface area contributed by atoms with Crippen LogP contribution in [0.1, 0.15) is 49.7 Å². The van der Waals surface area contributed by atoms with Gasteiger partial charge in [0.05, 0.1) is 11.7 Å². The van der Waals surface area contributed by atoms with Gasteiger partial charge in [-0.2, -0.15) is 0 Å². The Hall–Kier alpha value is -1.62. The summed E-state index contributed by atoms with van der Waals surface area (Å²) in [6.45, 7) is 7.82. The number of aromatic carboxylic acids is 1. The summed E-state index contributed by atoms with van der Waals surface area (Å²) in [6.07, 6.45) is 2.19. The van der Waals surface area contributed by atoms with Crippen LogP contribution in [0.5, 0.6) is 0 Å². The van der Waals surface area contributed by atoms with E-state index < -0.39 is 5.97 Å². The van der Waals surface area contributed by atoms with Crippen LogP contribution in [0.15, 0.2) is 12.1 Å². The van der Waals surface area contributed by atoms with Gasteiger partial charge in [0, 0.05) is 31.3 Å². The quantitative estimate of drug-likeness (QED) is 0.928. The van der Waals surface area contributed by atoms with Gasteiger partial charge >= 0.3 is 5.97 Å². The molecule has 0 saturated carbocycles. The fraction of sp³-hybridized carbons (Fsp3) is 0.625. The molecule has 0 unspecified atom stereocenters. The van der Waals surface area contributed by atoms with Crippen molar-refractivity contribution in [2.24, 2.45) is 0 Å². The molecule has 2 heterocycles. The van der Waals surface area contributed by atoms with Gasteiger partial charge in [0.1, 0.15) is 5.82 Å². The van der Waals surface area contributed by atoms with E-state index in [0.717, 1.165) is 37.4 Å². The first-order valence-corrected chi connectivity index (χ1v) is 7.35. The second-order valence-electron chi connectivity index (χ2n) is 6.58. The predicted octanol–water partition coefficient (Wildman–Crippen LogP) is 2.69. The molecule has 2 rings (SSSR count). The molecule has 0 radical (unpaired) electrons. The molecule has 21 heavy (non-hydrogen) atoms. The van der Waals surface area contributed by atoms with Gasteiger partial charge in [-0.3, -0.25) is 0 Å². The van der Waals surface area contributed by atoms with E-state index in [1.807, 2.05) is 20.8 Å². The summed E-state index contributed by atoms with van der Waals surface area (Å²) in [6, 6.07) is 3.35. The Morgan fingerprint density at radius 2 is 1.95 bits per heavy atom. The van der Waals surface area contributed by atoms with Crippen molar-refractivity contribution in [2.75, 3.05) is 25.1 Å². The van der Waals surface area contributed by atoms with Crippen LogP contribution in [0.2, 0.25) is 0 Å². The zero-order valence-corrected chi connectivity index (χ0v) is 13.2.